The van der Waals surface area contributed by atoms with Gasteiger partial charge < -0.3 is 13.7 Å². The number of rotatable bonds is 12. The second-order valence-electron chi connectivity index (χ2n) is 35.1. The van der Waals surface area contributed by atoms with E-state index in [0.717, 1.165) is 83.3 Å². The van der Waals surface area contributed by atoms with Crippen molar-refractivity contribution in [2.24, 2.45) is 0 Å². The smallest absolute Gasteiger partial charge is 0.238 e. The van der Waals surface area contributed by atoms with Crippen LogP contribution in [0, 0.1) is 0 Å². The van der Waals surface area contributed by atoms with Gasteiger partial charge in [0.25, 0.3) is 0 Å². The van der Waals surface area contributed by atoms with Crippen molar-refractivity contribution in [3.05, 3.63) is 504 Å². The van der Waals surface area contributed by atoms with Crippen molar-refractivity contribution >= 4 is 141 Å². The molecule has 0 spiro atoms. The molecule has 0 bridgehead atoms. The van der Waals surface area contributed by atoms with E-state index >= 15 is 0 Å². The van der Waals surface area contributed by atoms with Gasteiger partial charge in [-0.3, -0.25) is 9.13 Å². The van der Waals surface area contributed by atoms with Crippen molar-refractivity contribution in [2.75, 3.05) is 0 Å². The molecule has 22 aromatic carbocycles. The Morgan fingerprint density at radius 3 is 0.934 bits per heavy atom. The van der Waals surface area contributed by atoms with Crippen molar-refractivity contribution < 1.29 is 0 Å². The molecule has 6 aromatic heterocycles. The van der Waals surface area contributed by atoms with E-state index in [1.54, 1.807) is 0 Å². The fourth-order valence-electron chi connectivity index (χ4n) is 21.0. The summed E-state index contributed by atoms with van der Waals surface area (Å²) in [6.07, 6.45) is 0. The van der Waals surface area contributed by atoms with Crippen molar-refractivity contribution in [3.8, 4) is 107 Å². The molecule has 0 saturated heterocycles. The highest BCUT2D eigenvalue weighted by Gasteiger charge is 2.27. The largest absolute Gasteiger partial charge is 0.309 e. The van der Waals surface area contributed by atoms with Gasteiger partial charge in [-0.15, -0.1) is 0 Å². The SMILES string of the molecule is c1ccc(-c2nc(-c3ccccc3)nc(-n3c4ccccc4c4ccc5c6ccccc6n(-c6ccccc6)c5c43)n2)cc1.c1ccc(-n2c(-c3ccc(-c4ccc5c(-c6ccc7ccccc7c6)c6ccccc6c(-c6ccc7ccccc7c6)c5c4)cc3)nc3ccccc32)cc1.c1ccc(-n2c3ccccc3c3cc(-c4ccc5c(c4)c4ccccc4n5-c4ccccc4)ccc32)cc1. The average molecular weight is 1750 g/mol. The van der Waals surface area contributed by atoms with E-state index in [4.69, 9.17) is 19.9 Å². The van der Waals surface area contributed by atoms with Gasteiger partial charge in [-0.25, -0.2) is 9.97 Å². The van der Waals surface area contributed by atoms with Gasteiger partial charge in [-0.1, -0.05) is 376 Å². The summed E-state index contributed by atoms with van der Waals surface area (Å²) in [6.45, 7) is 0. The van der Waals surface area contributed by atoms with Gasteiger partial charge in [0.05, 0.1) is 55.2 Å². The van der Waals surface area contributed by atoms with Crippen LogP contribution in [0.3, 0.4) is 0 Å². The number of benzene rings is 22. The van der Waals surface area contributed by atoms with Crippen LogP contribution in [-0.4, -0.2) is 42.8 Å². The van der Waals surface area contributed by atoms with E-state index in [2.05, 4.69) is 466 Å². The minimum absolute atomic E-state index is 0.585. The Bertz CT molecular complexity index is 9360. The highest BCUT2D eigenvalue weighted by Crippen LogP contribution is 2.49. The third kappa shape index (κ3) is 13.8. The zero-order valence-electron chi connectivity index (χ0n) is 74.4. The van der Waals surface area contributed by atoms with Gasteiger partial charge in [0.1, 0.15) is 5.82 Å². The van der Waals surface area contributed by atoms with Crippen LogP contribution in [0.4, 0.5) is 0 Å². The molecule has 0 aliphatic carbocycles. The molecule has 0 saturated carbocycles. The third-order valence-electron chi connectivity index (χ3n) is 27.2. The second kappa shape index (κ2) is 33.4. The second-order valence-corrected chi connectivity index (χ2v) is 35.1. The maximum Gasteiger partial charge on any atom is 0.238 e. The Morgan fingerprint density at radius 2 is 0.453 bits per heavy atom. The molecule has 0 amide bonds. The molecule has 640 valence electrons. The first-order chi connectivity index (χ1) is 68.0. The maximum atomic E-state index is 5.17. The summed E-state index contributed by atoms with van der Waals surface area (Å²) in [7, 11) is 0. The molecular weight excluding hydrogens is 1660 g/mol. The summed E-state index contributed by atoms with van der Waals surface area (Å²) in [4.78, 5) is 20.4. The average Bonchev–Trinajstić information content (AvgIpc) is 1.55. The van der Waals surface area contributed by atoms with Crippen LogP contribution >= 0.6 is 0 Å². The maximum absolute atomic E-state index is 5.17. The zero-order chi connectivity index (χ0) is 90.4. The molecule has 0 aliphatic heterocycles. The Hall–Kier alpha value is -18.4. The Labute approximate surface area is 789 Å². The lowest BCUT2D eigenvalue weighted by Crippen LogP contribution is -2.07. The monoisotopic (exact) mass is 1750 g/mol. The summed E-state index contributed by atoms with van der Waals surface area (Å²) >= 11 is 0. The van der Waals surface area contributed by atoms with Crippen molar-refractivity contribution in [1.29, 1.82) is 0 Å². The van der Waals surface area contributed by atoms with Gasteiger partial charge in [-0.05, 0) is 215 Å². The van der Waals surface area contributed by atoms with E-state index < -0.39 is 0 Å². The number of hydrogen-bond donors (Lipinski definition) is 0. The summed E-state index contributed by atoms with van der Waals surface area (Å²) in [5.41, 5.74) is 28.7. The molecule has 0 N–H and O–H groups in total. The summed E-state index contributed by atoms with van der Waals surface area (Å²) in [5.74, 6) is 2.79. The van der Waals surface area contributed by atoms with E-state index in [-0.39, 0.29) is 0 Å². The van der Waals surface area contributed by atoms with Crippen LogP contribution in [0.2, 0.25) is 0 Å². The van der Waals surface area contributed by atoms with E-state index in [0.29, 0.717) is 17.6 Å². The first-order valence-corrected chi connectivity index (χ1v) is 46.6. The van der Waals surface area contributed by atoms with Crippen LogP contribution in [0.25, 0.3) is 249 Å². The summed E-state index contributed by atoms with van der Waals surface area (Å²) in [5, 5.41) is 19.7. The zero-order valence-corrected chi connectivity index (χ0v) is 74.4. The van der Waals surface area contributed by atoms with Crippen molar-refractivity contribution in [1.82, 2.24) is 42.8 Å². The summed E-state index contributed by atoms with van der Waals surface area (Å²) < 4.78 is 11.6. The fourth-order valence-corrected chi connectivity index (χ4v) is 21.0. The Balaban J connectivity index is 0.000000108. The Morgan fingerprint density at radius 1 is 0.146 bits per heavy atom. The molecule has 0 radical (unpaired) electrons. The third-order valence-corrected chi connectivity index (χ3v) is 27.2. The first-order valence-electron chi connectivity index (χ1n) is 46.6. The molecule has 137 heavy (non-hydrogen) atoms. The quantitative estimate of drug-likeness (QED) is 0.114. The highest BCUT2D eigenvalue weighted by atomic mass is 15.2. The predicted molar refractivity (Wildman–Crippen MR) is 573 cm³/mol. The molecule has 0 atom stereocenters. The van der Waals surface area contributed by atoms with Gasteiger partial charge >= 0.3 is 0 Å². The van der Waals surface area contributed by atoms with Crippen LogP contribution in [0.1, 0.15) is 0 Å². The van der Waals surface area contributed by atoms with Gasteiger partial charge in [0, 0.05) is 82.5 Å². The lowest BCUT2D eigenvalue weighted by atomic mass is 9.84. The lowest BCUT2D eigenvalue weighted by Gasteiger charge is -2.19. The van der Waals surface area contributed by atoms with E-state index in [1.807, 2.05) is 60.7 Å². The van der Waals surface area contributed by atoms with Crippen LogP contribution in [0.5, 0.6) is 0 Å². The van der Waals surface area contributed by atoms with Crippen LogP contribution in [0.15, 0.2) is 504 Å². The van der Waals surface area contributed by atoms with Gasteiger partial charge in [0.2, 0.25) is 5.95 Å². The number of fused-ring (bicyclic) bond motifs is 18. The molecule has 9 nitrogen and oxygen atoms in total. The minimum Gasteiger partial charge on any atom is -0.309 e. The van der Waals surface area contributed by atoms with Crippen LogP contribution < -0.4 is 0 Å². The van der Waals surface area contributed by atoms with Crippen LogP contribution in [-0.2, 0) is 0 Å². The molecule has 28 aromatic rings. The van der Waals surface area contributed by atoms with Gasteiger partial charge in [0.15, 0.2) is 11.6 Å². The standard InChI is InChI=1S/C53H34N2.C39H25N5.C36H24N2/c1-2-16-44(17-3-1)55-50-21-11-10-20-49(50)54-53(55)38-26-22-37(23-27-38)41-30-31-47-48(34-41)52(43-29-25-36-13-5-7-15-40(36)33-43)46-19-9-8-18-45(46)51(47)42-28-24-35-12-4-6-14-39(35)32-42;1-4-14-26(15-5-1)37-40-38(27-16-6-2-7-17-27)42-39(41-37)44-34-23-13-11-21-30(34)32-25-24-31-29-20-10-12-22-33(29)43(35(31)36(32)44)28-18-8-3-9-19-28;1-3-11-27(12-4-1)37-33-17-9-7-15-29(33)31-23-25(19-21-35(31)37)26-20-22-36-32(24-26)30-16-8-10-18-34(30)38(36)28-13-5-2-6-14-28/h1-34H;1-25H;1-24H. The van der Waals surface area contributed by atoms with Crippen molar-refractivity contribution in [2.45, 2.75) is 0 Å². The lowest BCUT2D eigenvalue weighted by molar-refractivity contribution is 0.953. The summed E-state index contributed by atoms with van der Waals surface area (Å²) in [6, 6.07) is 180. The molecule has 6 heterocycles. The molecule has 0 unspecified atom stereocenters. The molecule has 9 heteroatoms. The number of para-hydroxylation sites is 10. The van der Waals surface area contributed by atoms with E-state index in [9.17, 15) is 0 Å². The first kappa shape index (κ1) is 79.5. The van der Waals surface area contributed by atoms with E-state index in [1.165, 1.54) is 148 Å². The fraction of sp³-hybridized carbons (Fsp3) is 0. The number of hydrogen-bond acceptors (Lipinski definition) is 4. The topological polar surface area (TPSA) is 76.2 Å². The highest BCUT2D eigenvalue weighted by molar-refractivity contribution is 6.25. The molecule has 0 fully saturated rings. The molecule has 0 aliphatic rings. The van der Waals surface area contributed by atoms with Crippen molar-refractivity contribution in [3.63, 3.8) is 0 Å². The predicted octanol–water partition coefficient (Wildman–Crippen LogP) is 33.3. The normalized spacial score (nSPS) is 11.6. The molecular formula is C128H83N9. The number of imidazole rings is 1. The van der Waals surface area contributed by atoms with Gasteiger partial charge in [-0.2, -0.15) is 9.97 Å². The Kier molecular flexibility index (Phi) is 19.4. The number of nitrogens with zero attached hydrogens (tertiary/aromatic N) is 9. The number of aromatic nitrogens is 9. The minimum atomic E-state index is 0.585. The molecule has 28 rings (SSSR count).